The van der Waals surface area contributed by atoms with E-state index in [0.29, 0.717) is 0 Å². The number of nitrogens with one attached hydrogen (secondary N) is 1. The smallest absolute Gasteiger partial charge is 0.383 e. The molecule has 1 aromatic carbocycles. The largest absolute Gasteiger partial charge is 0.416 e. The fourth-order valence-corrected chi connectivity index (χ4v) is 1.55. The summed E-state index contributed by atoms with van der Waals surface area (Å²) in [6, 6.07) is 2.81. The van der Waals surface area contributed by atoms with E-state index in [4.69, 9.17) is 11.6 Å². The first-order chi connectivity index (χ1) is 9.08. The van der Waals surface area contributed by atoms with E-state index in [1.807, 2.05) is 0 Å². The number of hydrogen-bond acceptors (Lipinski definition) is 2. The van der Waals surface area contributed by atoms with Crippen molar-refractivity contribution in [1.29, 1.82) is 0 Å². The topological polar surface area (TPSA) is 21.3 Å². The van der Waals surface area contributed by atoms with Crippen molar-refractivity contribution < 1.29 is 31.1 Å². The van der Waals surface area contributed by atoms with Crippen molar-refractivity contribution >= 4 is 17.3 Å². The number of ether oxygens (including phenoxy) is 1. The van der Waals surface area contributed by atoms with Crippen molar-refractivity contribution in [2.75, 3.05) is 25.1 Å². The van der Waals surface area contributed by atoms with Crippen LogP contribution in [0.2, 0.25) is 5.02 Å². The number of hydrogen-bond donors (Lipinski definition) is 1. The first-order valence-corrected chi connectivity index (χ1v) is 5.72. The molecule has 0 atom stereocenters. The second-order valence-corrected chi connectivity index (χ2v) is 4.26. The standard InChI is InChI=1S/C11H10ClF6NO/c12-8-3-7(11(16,17)18)4-9(5-8)19-1-2-20-6-10(13,14)15/h3-5,19H,1-2,6H2. The third-order valence-corrected chi connectivity index (χ3v) is 2.28. The predicted molar refractivity (Wildman–Crippen MR) is 61.8 cm³/mol. The Balaban J connectivity index is 2.50. The van der Waals surface area contributed by atoms with Gasteiger partial charge in [-0.05, 0) is 18.2 Å². The van der Waals surface area contributed by atoms with E-state index < -0.39 is 24.5 Å². The lowest BCUT2D eigenvalue weighted by molar-refractivity contribution is -0.172. The number of alkyl halides is 6. The third-order valence-electron chi connectivity index (χ3n) is 2.07. The fourth-order valence-electron chi connectivity index (χ4n) is 1.31. The molecule has 0 aliphatic heterocycles. The summed E-state index contributed by atoms with van der Waals surface area (Å²) in [7, 11) is 0. The van der Waals surface area contributed by atoms with E-state index in [2.05, 4.69) is 10.1 Å². The van der Waals surface area contributed by atoms with Crippen LogP contribution in [-0.4, -0.2) is 25.9 Å². The summed E-state index contributed by atoms with van der Waals surface area (Å²) in [6.07, 6.45) is -8.98. The van der Waals surface area contributed by atoms with Crippen LogP contribution >= 0.6 is 11.6 Å². The monoisotopic (exact) mass is 321 g/mol. The van der Waals surface area contributed by atoms with Crippen molar-refractivity contribution in [3.05, 3.63) is 28.8 Å². The Labute approximate surface area is 115 Å². The molecule has 0 fully saturated rings. The Morgan fingerprint density at radius 2 is 1.70 bits per heavy atom. The lowest BCUT2D eigenvalue weighted by Crippen LogP contribution is -2.20. The maximum atomic E-state index is 12.5. The molecule has 114 valence electrons. The molecule has 9 heteroatoms. The molecule has 1 rings (SSSR count). The molecule has 0 spiro atoms. The minimum Gasteiger partial charge on any atom is -0.383 e. The van der Waals surface area contributed by atoms with Crippen LogP contribution in [0.15, 0.2) is 18.2 Å². The van der Waals surface area contributed by atoms with Crippen molar-refractivity contribution in [2.24, 2.45) is 0 Å². The van der Waals surface area contributed by atoms with Crippen molar-refractivity contribution in [3.63, 3.8) is 0 Å². The van der Waals surface area contributed by atoms with Gasteiger partial charge in [-0.3, -0.25) is 0 Å². The molecule has 0 amide bonds. The lowest BCUT2D eigenvalue weighted by Gasteiger charge is -2.12. The van der Waals surface area contributed by atoms with E-state index in [9.17, 15) is 26.3 Å². The Hall–Kier alpha value is -1.15. The van der Waals surface area contributed by atoms with Crippen LogP contribution in [-0.2, 0) is 10.9 Å². The molecule has 0 bridgehead atoms. The highest BCUT2D eigenvalue weighted by molar-refractivity contribution is 6.30. The second kappa shape index (κ2) is 6.53. The van der Waals surface area contributed by atoms with Crippen LogP contribution in [0.3, 0.4) is 0 Å². The zero-order valence-corrected chi connectivity index (χ0v) is 10.7. The number of anilines is 1. The van der Waals surface area contributed by atoms with Gasteiger partial charge in [0.15, 0.2) is 0 Å². The van der Waals surface area contributed by atoms with E-state index in [1.54, 1.807) is 0 Å². The summed E-state index contributed by atoms with van der Waals surface area (Å²) in [5.41, 5.74) is -0.885. The Kier molecular flexibility index (Phi) is 5.52. The van der Waals surface area contributed by atoms with Crippen LogP contribution < -0.4 is 5.32 Å². The van der Waals surface area contributed by atoms with Gasteiger partial charge < -0.3 is 10.1 Å². The quantitative estimate of drug-likeness (QED) is 0.643. The molecule has 2 nitrogen and oxygen atoms in total. The molecule has 1 N–H and O–H groups in total. The summed E-state index contributed by atoms with van der Waals surface area (Å²) in [5.74, 6) is 0. The molecule has 0 saturated carbocycles. The molecule has 0 aromatic heterocycles. The highest BCUT2D eigenvalue weighted by Crippen LogP contribution is 2.33. The van der Waals surface area contributed by atoms with Crippen LogP contribution in [0, 0.1) is 0 Å². The Morgan fingerprint density at radius 1 is 1.05 bits per heavy atom. The highest BCUT2D eigenvalue weighted by atomic mass is 35.5. The molecule has 0 saturated heterocycles. The summed E-state index contributed by atoms with van der Waals surface area (Å²) in [4.78, 5) is 0. The summed E-state index contributed by atoms with van der Waals surface area (Å²) < 4.78 is 77.0. The van der Waals surface area contributed by atoms with Gasteiger partial charge >= 0.3 is 12.4 Å². The normalized spacial score (nSPS) is 12.6. The van der Waals surface area contributed by atoms with Gasteiger partial charge in [0.1, 0.15) is 6.61 Å². The minimum atomic E-state index is -4.55. The first kappa shape index (κ1) is 16.9. The van der Waals surface area contributed by atoms with Crippen LogP contribution in [0.4, 0.5) is 32.0 Å². The highest BCUT2D eigenvalue weighted by Gasteiger charge is 2.31. The Bertz CT molecular complexity index is 446. The van der Waals surface area contributed by atoms with Crippen molar-refractivity contribution in [1.82, 2.24) is 0 Å². The molecule has 0 aliphatic carbocycles. The molecule has 0 unspecified atom stereocenters. The number of halogens is 7. The van der Waals surface area contributed by atoms with Crippen LogP contribution in [0.25, 0.3) is 0 Å². The van der Waals surface area contributed by atoms with Gasteiger partial charge in [0.2, 0.25) is 0 Å². The van der Waals surface area contributed by atoms with Gasteiger partial charge in [-0.25, -0.2) is 0 Å². The first-order valence-electron chi connectivity index (χ1n) is 5.34. The van der Waals surface area contributed by atoms with E-state index in [1.165, 1.54) is 6.07 Å². The van der Waals surface area contributed by atoms with Gasteiger partial charge in [-0.1, -0.05) is 11.6 Å². The van der Waals surface area contributed by atoms with Gasteiger partial charge in [-0.2, -0.15) is 26.3 Å². The van der Waals surface area contributed by atoms with Gasteiger partial charge in [0.05, 0.1) is 12.2 Å². The maximum Gasteiger partial charge on any atom is 0.416 e. The molecular weight excluding hydrogens is 312 g/mol. The lowest BCUT2D eigenvalue weighted by atomic mass is 10.2. The summed E-state index contributed by atoms with van der Waals surface area (Å²) in [5, 5.41) is 2.38. The zero-order valence-electron chi connectivity index (χ0n) is 9.91. The van der Waals surface area contributed by atoms with Gasteiger partial charge in [0, 0.05) is 17.3 Å². The molecule has 0 radical (unpaired) electrons. The SMILES string of the molecule is FC(F)(F)COCCNc1cc(Cl)cc(C(F)(F)F)c1. The Morgan fingerprint density at radius 3 is 2.25 bits per heavy atom. The average molecular weight is 322 g/mol. The van der Waals surface area contributed by atoms with Crippen LogP contribution in [0.5, 0.6) is 0 Å². The zero-order chi connectivity index (χ0) is 15.4. The average Bonchev–Trinajstić information content (AvgIpc) is 2.25. The number of benzene rings is 1. The third kappa shape index (κ3) is 6.33. The molecule has 0 heterocycles. The maximum absolute atomic E-state index is 12.5. The number of rotatable bonds is 5. The van der Waals surface area contributed by atoms with E-state index in [-0.39, 0.29) is 23.9 Å². The van der Waals surface area contributed by atoms with Gasteiger partial charge in [-0.15, -0.1) is 0 Å². The minimum absolute atomic E-state index is 0.0560. The molecule has 1 aromatic rings. The van der Waals surface area contributed by atoms with E-state index >= 15 is 0 Å². The summed E-state index contributed by atoms with van der Waals surface area (Å²) >= 11 is 5.54. The summed E-state index contributed by atoms with van der Waals surface area (Å²) in [6.45, 7) is -1.78. The van der Waals surface area contributed by atoms with Gasteiger partial charge in [0.25, 0.3) is 0 Å². The van der Waals surface area contributed by atoms with E-state index in [0.717, 1.165) is 12.1 Å². The van der Waals surface area contributed by atoms with Crippen LogP contribution in [0.1, 0.15) is 5.56 Å². The molecule has 20 heavy (non-hydrogen) atoms. The fraction of sp³-hybridized carbons (Fsp3) is 0.455. The second-order valence-electron chi connectivity index (χ2n) is 3.82. The van der Waals surface area contributed by atoms with Crippen molar-refractivity contribution in [3.8, 4) is 0 Å². The van der Waals surface area contributed by atoms with Crippen molar-refractivity contribution in [2.45, 2.75) is 12.4 Å². The molecule has 0 aliphatic rings. The molecular formula is C11H10ClF6NO. The predicted octanol–water partition coefficient (Wildman–Crippen LogP) is 4.35.